The Morgan fingerprint density at radius 1 is 0.179 bits per heavy atom. The molecule has 0 N–H and O–H groups in total. The van der Waals surface area contributed by atoms with E-state index in [-0.39, 0.29) is 0 Å². The third kappa shape index (κ3) is 6.10. The molecule has 78 heavy (non-hydrogen) atoms. The highest BCUT2D eigenvalue weighted by molar-refractivity contribution is 7.28. The summed E-state index contributed by atoms with van der Waals surface area (Å²) < 4.78 is 5.57. The molecule has 0 aliphatic carbocycles. The number of fused-ring (bicyclic) bond motifs is 34. The maximum Gasteiger partial charge on any atom is 0.0440 e. The SMILES string of the molecule is Cc1ccc2c(c1)c1c3ccccc3ccc1c1sc3c4ccc5ccccc5c4c4cc(C)ccc4c3c21.Cc1ccc2c(c1)c1c3ccccc3ccc1c1sc3c4ccc5ccccc5c4c4cc(C)ccc4c3c21. The van der Waals surface area contributed by atoms with Gasteiger partial charge in [0.15, 0.2) is 0 Å². The van der Waals surface area contributed by atoms with Crippen molar-refractivity contribution in [3.05, 3.63) is 241 Å². The Kier molecular flexibility index (Phi) is 9.24. The first-order chi connectivity index (χ1) is 38.3. The monoisotopic (exact) mass is 1020 g/mol. The highest BCUT2D eigenvalue weighted by Gasteiger charge is 2.23. The van der Waals surface area contributed by atoms with E-state index >= 15 is 0 Å². The van der Waals surface area contributed by atoms with Crippen LogP contribution in [-0.4, -0.2) is 0 Å². The van der Waals surface area contributed by atoms with E-state index in [1.165, 1.54) is 192 Å². The van der Waals surface area contributed by atoms with E-state index in [1.54, 1.807) is 0 Å². The summed E-state index contributed by atoms with van der Waals surface area (Å²) in [6, 6.07) is 82.2. The molecular weight excluding hydrogens is 977 g/mol. The van der Waals surface area contributed by atoms with Crippen LogP contribution in [0.3, 0.4) is 0 Å². The number of aryl methyl sites for hydroxylation is 4. The van der Waals surface area contributed by atoms with Gasteiger partial charge >= 0.3 is 0 Å². The smallest absolute Gasteiger partial charge is 0.0440 e. The first-order valence-electron chi connectivity index (χ1n) is 27.2. The van der Waals surface area contributed by atoms with Gasteiger partial charge in [0, 0.05) is 61.9 Å². The van der Waals surface area contributed by atoms with Gasteiger partial charge < -0.3 is 0 Å². The van der Waals surface area contributed by atoms with Gasteiger partial charge in [0.05, 0.1) is 0 Å². The number of benzene rings is 16. The van der Waals surface area contributed by atoms with Crippen LogP contribution < -0.4 is 0 Å². The number of thiophene rings is 2. The van der Waals surface area contributed by atoms with Gasteiger partial charge in [-0.25, -0.2) is 0 Å². The van der Waals surface area contributed by atoms with Crippen LogP contribution in [0.4, 0.5) is 0 Å². The van der Waals surface area contributed by atoms with Crippen LogP contribution in [0.1, 0.15) is 22.3 Å². The second-order valence-electron chi connectivity index (χ2n) is 22.1. The van der Waals surface area contributed by atoms with E-state index in [0.717, 1.165) is 0 Å². The molecule has 16 aromatic carbocycles. The first kappa shape index (κ1) is 44.2. The average Bonchev–Trinajstić information content (AvgIpc) is 3.38. The molecule has 2 heteroatoms. The summed E-state index contributed by atoms with van der Waals surface area (Å²) >= 11 is 3.95. The fourth-order valence-corrected chi connectivity index (χ4v) is 16.8. The number of hydrogen-bond acceptors (Lipinski definition) is 2. The van der Waals surface area contributed by atoms with Gasteiger partial charge in [-0.1, -0.05) is 241 Å². The summed E-state index contributed by atoms with van der Waals surface area (Å²) in [5.41, 5.74) is 5.20. The molecule has 0 nitrogen and oxygen atoms in total. The van der Waals surface area contributed by atoms with Crippen LogP contribution in [0.25, 0.3) is 170 Å². The molecule has 18 rings (SSSR count). The second kappa shape index (κ2) is 16.3. The molecule has 18 aromatic rings. The predicted molar refractivity (Wildman–Crippen MR) is 348 cm³/mol. The third-order valence-corrected chi connectivity index (χ3v) is 19.9. The first-order valence-corrected chi connectivity index (χ1v) is 28.9. The van der Waals surface area contributed by atoms with Gasteiger partial charge in [-0.05, 0) is 135 Å². The zero-order chi connectivity index (χ0) is 51.7. The molecule has 2 aromatic heterocycles. The second-order valence-corrected chi connectivity index (χ2v) is 24.1. The molecule has 0 atom stereocenters. The standard InChI is InChI=1S/2C38H24S/c2*1-21-11-15-27-31(19-21)33-25-9-5-3-7-23(25)13-17-29(33)37-35(27)36-28-16-12-22(2)20-32(28)34-26-10-6-4-8-24(26)14-18-30(34)38(36)39-37/h2*3-20H,1-2H3. The fraction of sp³-hybridized carbons (Fsp3) is 0.0526. The van der Waals surface area contributed by atoms with Gasteiger partial charge in [-0.3, -0.25) is 0 Å². The van der Waals surface area contributed by atoms with Crippen molar-refractivity contribution in [2.24, 2.45) is 0 Å². The topological polar surface area (TPSA) is 0 Å². The largest absolute Gasteiger partial charge is 0.134 e. The minimum Gasteiger partial charge on any atom is -0.134 e. The minimum atomic E-state index is 1.30. The lowest BCUT2D eigenvalue weighted by molar-refractivity contribution is 1.51. The molecule has 2 heterocycles. The Morgan fingerprint density at radius 2 is 0.397 bits per heavy atom. The molecule has 0 bridgehead atoms. The van der Waals surface area contributed by atoms with E-state index in [4.69, 9.17) is 0 Å². The molecular formula is C76H48S2. The number of rotatable bonds is 0. The Balaban J connectivity index is 0.000000126. The van der Waals surface area contributed by atoms with Gasteiger partial charge in [-0.2, -0.15) is 0 Å². The summed E-state index contributed by atoms with van der Waals surface area (Å²) in [7, 11) is 0. The summed E-state index contributed by atoms with van der Waals surface area (Å²) in [5, 5.41) is 37.9. The molecule has 364 valence electrons. The Morgan fingerprint density at radius 3 is 0.641 bits per heavy atom. The maximum atomic E-state index is 2.40. The minimum absolute atomic E-state index is 1.30. The van der Waals surface area contributed by atoms with E-state index in [9.17, 15) is 0 Å². The van der Waals surface area contributed by atoms with Crippen LogP contribution in [0.2, 0.25) is 0 Å². The van der Waals surface area contributed by atoms with Crippen molar-refractivity contribution < 1.29 is 0 Å². The molecule has 0 radical (unpaired) electrons. The fourth-order valence-electron chi connectivity index (χ4n) is 14.0. The molecule has 0 amide bonds. The highest BCUT2D eigenvalue weighted by atomic mass is 32.1. The quantitative estimate of drug-likeness (QED) is 0.133. The zero-order valence-corrected chi connectivity index (χ0v) is 45.2. The van der Waals surface area contributed by atoms with Crippen LogP contribution in [0.5, 0.6) is 0 Å². The Hall–Kier alpha value is -8.92. The molecule has 0 saturated carbocycles. The van der Waals surface area contributed by atoms with Crippen LogP contribution in [0, 0.1) is 27.7 Å². The van der Waals surface area contributed by atoms with Crippen LogP contribution in [-0.2, 0) is 0 Å². The third-order valence-electron chi connectivity index (χ3n) is 17.4. The lowest BCUT2D eigenvalue weighted by Crippen LogP contribution is -1.86. The molecule has 0 spiro atoms. The summed E-state index contributed by atoms with van der Waals surface area (Å²) in [6.07, 6.45) is 0. The molecule has 0 aliphatic heterocycles. The molecule has 0 fully saturated rings. The summed E-state index contributed by atoms with van der Waals surface area (Å²) in [5.74, 6) is 0. The van der Waals surface area contributed by atoms with Gasteiger partial charge in [0.25, 0.3) is 0 Å². The zero-order valence-electron chi connectivity index (χ0n) is 43.6. The van der Waals surface area contributed by atoms with Crippen molar-refractivity contribution >= 4 is 192 Å². The maximum absolute atomic E-state index is 2.40. The predicted octanol–water partition coefficient (Wildman–Crippen LogP) is 23.2. The normalized spacial score (nSPS) is 12.4. The van der Waals surface area contributed by atoms with Crippen molar-refractivity contribution in [2.45, 2.75) is 27.7 Å². The Bertz CT molecular complexity index is 5020. The van der Waals surface area contributed by atoms with Crippen LogP contribution in [0.15, 0.2) is 218 Å². The molecule has 0 saturated heterocycles. The van der Waals surface area contributed by atoms with Crippen molar-refractivity contribution in [1.82, 2.24) is 0 Å². The van der Waals surface area contributed by atoms with Gasteiger partial charge in [0.2, 0.25) is 0 Å². The van der Waals surface area contributed by atoms with Crippen molar-refractivity contribution in [3.8, 4) is 0 Å². The van der Waals surface area contributed by atoms with Crippen LogP contribution >= 0.6 is 22.7 Å². The van der Waals surface area contributed by atoms with E-state index < -0.39 is 0 Å². The lowest BCUT2D eigenvalue weighted by Gasteiger charge is -2.13. The van der Waals surface area contributed by atoms with Crippen molar-refractivity contribution in [1.29, 1.82) is 0 Å². The summed E-state index contributed by atoms with van der Waals surface area (Å²) in [4.78, 5) is 0. The van der Waals surface area contributed by atoms with E-state index in [2.05, 4.69) is 246 Å². The van der Waals surface area contributed by atoms with E-state index in [0.29, 0.717) is 0 Å². The van der Waals surface area contributed by atoms with E-state index in [1.807, 2.05) is 22.7 Å². The average molecular weight is 1030 g/mol. The molecule has 0 aliphatic rings. The van der Waals surface area contributed by atoms with Gasteiger partial charge in [0.1, 0.15) is 0 Å². The van der Waals surface area contributed by atoms with Crippen molar-refractivity contribution in [3.63, 3.8) is 0 Å². The number of hydrogen-bond donors (Lipinski definition) is 0. The highest BCUT2D eigenvalue weighted by Crippen LogP contribution is 2.53. The Labute approximate surface area is 457 Å². The lowest BCUT2D eigenvalue weighted by atomic mass is 9.89. The molecule has 0 unspecified atom stereocenters. The summed E-state index contributed by atoms with van der Waals surface area (Å²) in [6.45, 7) is 8.85. The van der Waals surface area contributed by atoms with Gasteiger partial charge in [-0.15, -0.1) is 22.7 Å². The van der Waals surface area contributed by atoms with Crippen molar-refractivity contribution in [2.75, 3.05) is 0 Å².